The molecule has 1 aliphatic rings. The highest BCUT2D eigenvalue weighted by Gasteiger charge is 2.34. The zero-order chi connectivity index (χ0) is 33.7. The van der Waals surface area contributed by atoms with Gasteiger partial charge in [-0.2, -0.15) is 0 Å². The molecule has 3 atom stereocenters. The second-order valence-corrected chi connectivity index (χ2v) is 11.4. The van der Waals surface area contributed by atoms with Gasteiger partial charge in [-0.15, -0.1) is 0 Å². The summed E-state index contributed by atoms with van der Waals surface area (Å²) in [5.74, 6) is -3.64. The van der Waals surface area contributed by atoms with Crippen molar-refractivity contribution < 1.29 is 33.1 Å². The van der Waals surface area contributed by atoms with Crippen molar-refractivity contribution in [1.29, 1.82) is 0 Å². The van der Waals surface area contributed by atoms with Gasteiger partial charge in [0.05, 0.1) is 29.4 Å². The van der Waals surface area contributed by atoms with Gasteiger partial charge < -0.3 is 25.5 Å². The number of piperazine rings is 1. The van der Waals surface area contributed by atoms with E-state index in [1.54, 1.807) is 35.4 Å². The van der Waals surface area contributed by atoms with E-state index in [-0.39, 0.29) is 34.8 Å². The summed E-state index contributed by atoms with van der Waals surface area (Å²) in [5, 5.41) is 15.0. The van der Waals surface area contributed by atoms with Crippen LogP contribution in [0.2, 0.25) is 0 Å². The Kier molecular flexibility index (Phi) is 9.88. The van der Waals surface area contributed by atoms with Crippen molar-refractivity contribution in [2.45, 2.75) is 38.4 Å². The topological polar surface area (TPSA) is 132 Å². The molecule has 3 amide bonds. The first kappa shape index (κ1) is 32.7. The molecule has 0 saturated carbocycles. The van der Waals surface area contributed by atoms with Crippen LogP contribution in [0.4, 0.5) is 20.2 Å². The van der Waals surface area contributed by atoms with E-state index >= 15 is 0 Å². The molecule has 2 heterocycles. The molecule has 5 rings (SSSR count). The van der Waals surface area contributed by atoms with E-state index in [4.69, 9.17) is 0 Å². The summed E-state index contributed by atoms with van der Waals surface area (Å²) in [6.45, 7) is 4.61. The number of hydrogen-bond donors (Lipinski definition) is 3. The minimum atomic E-state index is -1.16. The number of rotatable bonds is 9. The van der Waals surface area contributed by atoms with Gasteiger partial charge in [-0.05, 0) is 80.1 Å². The maximum Gasteiger partial charge on any atom is 0.305 e. The minimum absolute atomic E-state index is 0.0666. The second-order valence-electron chi connectivity index (χ2n) is 11.4. The number of aromatic nitrogens is 1. The summed E-state index contributed by atoms with van der Waals surface area (Å²) in [6.07, 6.45) is 2.67. The van der Waals surface area contributed by atoms with E-state index in [2.05, 4.69) is 15.6 Å². The highest BCUT2D eigenvalue weighted by molar-refractivity contribution is 6.07. The molecule has 0 spiro atoms. The van der Waals surface area contributed by atoms with Gasteiger partial charge >= 0.3 is 5.97 Å². The van der Waals surface area contributed by atoms with Crippen molar-refractivity contribution >= 4 is 35.1 Å². The first-order valence-electron chi connectivity index (χ1n) is 15.0. The number of carboxylic acid groups (broad SMARTS) is 1. The SMILES string of the molecule is CC1CN(c2ccc(C(=O)NC(CC(=O)O)c3ccc(F)cc3)cc2NC(=O)c2cccc(F)c2)C(C)CN1C(=O)c1cccnc1. The molecule has 10 nitrogen and oxygen atoms in total. The lowest BCUT2D eigenvalue weighted by Gasteiger charge is -2.45. The van der Waals surface area contributed by atoms with Crippen LogP contribution in [0.1, 0.15) is 62.9 Å². The number of carbonyl (C=O) groups excluding carboxylic acids is 3. The monoisotopic (exact) mass is 641 g/mol. The largest absolute Gasteiger partial charge is 0.481 e. The summed E-state index contributed by atoms with van der Waals surface area (Å²) >= 11 is 0. The molecule has 3 aromatic carbocycles. The van der Waals surface area contributed by atoms with Gasteiger partial charge in [-0.1, -0.05) is 18.2 Å². The number of hydrogen-bond acceptors (Lipinski definition) is 6. The molecule has 3 N–H and O–H groups in total. The van der Waals surface area contributed by atoms with Crippen LogP contribution in [-0.4, -0.2) is 63.9 Å². The predicted octanol–water partition coefficient (Wildman–Crippen LogP) is 5.30. The fraction of sp³-hybridized carbons (Fsp3) is 0.229. The molecule has 1 saturated heterocycles. The van der Waals surface area contributed by atoms with Crippen LogP contribution in [0.5, 0.6) is 0 Å². The van der Waals surface area contributed by atoms with E-state index in [1.165, 1.54) is 54.7 Å². The molecule has 1 aromatic heterocycles. The normalized spacial score (nSPS) is 16.7. The van der Waals surface area contributed by atoms with E-state index in [1.807, 2.05) is 18.7 Å². The highest BCUT2D eigenvalue weighted by atomic mass is 19.1. The predicted molar refractivity (Wildman–Crippen MR) is 171 cm³/mol. The quantitative estimate of drug-likeness (QED) is 0.226. The molecule has 47 heavy (non-hydrogen) atoms. The van der Waals surface area contributed by atoms with Gasteiger partial charge in [0.15, 0.2) is 0 Å². The van der Waals surface area contributed by atoms with E-state index in [9.17, 15) is 33.1 Å². The Morgan fingerprint density at radius 1 is 0.851 bits per heavy atom. The lowest BCUT2D eigenvalue weighted by Crippen LogP contribution is -2.58. The number of nitrogens with zero attached hydrogens (tertiary/aromatic N) is 3. The van der Waals surface area contributed by atoms with Gasteiger partial charge in [0.1, 0.15) is 11.6 Å². The molecule has 12 heteroatoms. The third-order valence-electron chi connectivity index (χ3n) is 8.01. The standard InChI is InChI=1S/C35H33F2N5O5/c1-21-20-42(35(47)26-6-4-14-38-18-26)22(2)19-41(21)31-13-10-25(16-30(31)40-33(45)24-5-3-7-28(37)15-24)34(46)39-29(17-32(43)44)23-8-11-27(36)12-9-23/h3-16,18,21-22,29H,17,19-20H2,1-2H3,(H,39,46)(H,40,45)(H,43,44). The molecule has 4 aromatic rings. The summed E-state index contributed by atoms with van der Waals surface area (Å²) in [5.41, 5.74) is 1.89. The lowest BCUT2D eigenvalue weighted by atomic mass is 10.0. The molecular formula is C35H33F2N5O5. The summed E-state index contributed by atoms with van der Waals surface area (Å²) in [6, 6.07) is 17.0. The summed E-state index contributed by atoms with van der Waals surface area (Å²) < 4.78 is 27.5. The maximum absolute atomic E-state index is 14.0. The molecule has 3 unspecified atom stereocenters. The Bertz CT molecular complexity index is 1790. The molecule has 0 bridgehead atoms. The number of carbonyl (C=O) groups is 4. The minimum Gasteiger partial charge on any atom is -0.481 e. The first-order valence-corrected chi connectivity index (χ1v) is 15.0. The molecule has 1 aliphatic heterocycles. The Morgan fingerprint density at radius 2 is 1.57 bits per heavy atom. The van der Waals surface area contributed by atoms with Crippen molar-refractivity contribution in [2.24, 2.45) is 0 Å². The zero-order valence-corrected chi connectivity index (χ0v) is 25.7. The summed E-state index contributed by atoms with van der Waals surface area (Å²) in [4.78, 5) is 59.5. The Balaban J connectivity index is 1.45. The first-order chi connectivity index (χ1) is 22.5. The Labute approximate surface area is 270 Å². The molecule has 0 radical (unpaired) electrons. The van der Waals surface area contributed by atoms with Crippen LogP contribution in [0.3, 0.4) is 0 Å². The van der Waals surface area contributed by atoms with Crippen molar-refractivity contribution in [2.75, 3.05) is 23.3 Å². The molecule has 0 aliphatic carbocycles. The number of anilines is 2. The van der Waals surface area contributed by atoms with Gasteiger partial charge in [0, 0.05) is 48.7 Å². The number of carboxylic acids is 1. The number of amides is 3. The van der Waals surface area contributed by atoms with Gasteiger partial charge in [-0.25, -0.2) is 8.78 Å². The highest BCUT2D eigenvalue weighted by Crippen LogP contribution is 2.33. The van der Waals surface area contributed by atoms with Crippen LogP contribution < -0.4 is 15.5 Å². The number of pyridine rings is 1. The van der Waals surface area contributed by atoms with Crippen molar-refractivity contribution in [3.05, 3.63) is 125 Å². The maximum atomic E-state index is 14.0. The Hall–Kier alpha value is -5.65. The zero-order valence-electron chi connectivity index (χ0n) is 25.7. The van der Waals surface area contributed by atoms with Crippen molar-refractivity contribution in [3.63, 3.8) is 0 Å². The van der Waals surface area contributed by atoms with Gasteiger partial charge in [0.2, 0.25) is 0 Å². The molecule has 1 fully saturated rings. The van der Waals surface area contributed by atoms with Crippen molar-refractivity contribution in [1.82, 2.24) is 15.2 Å². The van der Waals surface area contributed by atoms with Gasteiger partial charge in [-0.3, -0.25) is 24.2 Å². The van der Waals surface area contributed by atoms with E-state index in [0.717, 1.165) is 6.07 Å². The summed E-state index contributed by atoms with van der Waals surface area (Å²) in [7, 11) is 0. The average Bonchev–Trinajstić information content (AvgIpc) is 3.05. The Morgan fingerprint density at radius 3 is 2.26 bits per heavy atom. The van der Waals surface area contributed by atoms with Crippen LogP contribution in [0.15, 0.2) is 91.3 Å². The van der Waals surface area contributed by atoms with Gasteiger partial charge in [0.25, 0.3) is 17.7 Å². The second kappa shape index (κ2) is 14.2. The number of benzene rings is 3. The third kappa shape index (κ3) is 7.78. The fourth-order valence-corrected chi connectivity index (χ4v) is 5.62. The number of halogens is 2. The van der Waals surface area contributed by atoms with E-state index < -0.39 is 41.9 Å². The van der Waals surface area contributed by atoms with E-state index in [0.29, 0.717) is 29.9 Å². The van der Waals surface area contributed by atoms with Crippen LogP contribution in [0, 0.1) is 11.6 Å². The smallest absolute Gasteiger partial charge is 0.305 e. The lowest BCUT2D eigenvalue weighted by molar-refractivity contribution is -0.137. The van der Waals surface area contributed by atoms with Crippen molar-refractivity contribution in [3.8, 4) is 0 Å². The number of nitrogens with one attached hydrogen (secondary N) is 2. The average molecular weight is 642 g/mol. The van der Waals surface area contributed by atoms with Crippen LogP contribution >= 0.6 is 0 Å². The third-order valence-corrected chi connectivity index (χ3v) is 8.01. The fourth-order valence-electron chi connectivity index (χ4n) is 5.62. The molecular weight excluding hydrogens is 608 g/mol. The number of aliphatic carboxylic acids is 1. The van der Waals surface area contributed by atoms with Crippen LogP contribution in [0.25, 0.3) is 0 Å². The molecule has 242 valence electrons. The van der Waals surface area contributed by atoms with Crippen LogP contribution in [-0.2, 0) is 4.79 Å².